The molecule has 5 nitrogen and oxygen atoms in total. The minimum Gasteiger partial charge on any atom is -0.345 e. The zero-order valence-electron chi connectivity index (χ0n) is 12.4. The Balaban J connectivity index is 2.16. The van der Waals surface area contributed by atoms with E-state index in [0.29, 0.717) is 11.9 Å². The standard InChI is InChI=1S/C16H10ClF3N4O/c17-13-5-4-11(7-12(13)16(18,19)20)24-15(25)10(8-21)9-23-14-3-1-2-6-22-14/h1-7,9H,(H,22,23)(H,24,25)/b10-9-. The van der Waals surface area contributed by atoms with Gasteiger partial charge >= 0.3 is 6.18 Å². The number of hydrogen-bond acceptors (Lipinski definition) is 4. The van der Waals surface area contributed by atoms with Crippen molar-refractivity contribution in [2.75, 3.05) is 10.6 Å². The van der Waals surface area contributed by atoms with Gasteiger partial charge in [-0.2, -0.15) is 18.4 Å². The molecule has 0 saturated heterocycles. The molecule has 2 rings (SSSR count). The number of hydrogen-bond donors (Lipinski definition) is 2. The Labute approximate surface area is 145 Å². The van der Waals surface area contributed by atoms with Crippen molar-refractivity contribution in [2.45, 2.75) is 6.18 Å². The maximum absolute atomic E-state index is 12.8. The smallest absolute Gasteiger partial charge is 0.345 e. The van der Waals surface area contributed by atoms with Crippen LogP contribution < -0.4 is 10.6 Å². The third-order valence-electron chi connectivity index (χ3n) is 2.92. The van der Waals surface area contributed by atoms with E-state index in [1.165, 1.54) is 12.3 Å². The van der Waals surface area contributed by atoms with E-state index in [9.17, 15) is 18.0 Å². The zero-order chi connectivity index (χ0) is 18.4. The molecule has 1 amide bonds. The highest BCUT2D eigenvalue weighted by Gasteiger charge is 2.33. The maximum atomic E-state index is 12.8. The second kappa shape index (κ2) is 7.68. The lowest BCUT2D eigenvalue weighted by molar-refractivity contribution is -0.137. The summed E-state index contributed by atoms with van der Waals surface area (Å²) in [4.78, 5) is 16.0. The molecule has 1 heterocycles. The summed E-state index contributed by atoms with van der Waals surface area (Å²) < 4.78 is 38.5. The second-order valence-corrected chi connectivity index (χ2v) is 5.08. The SMILES string of the molecule is N#C/C(=C/Nc1ccccn1)C(=O)Nc1ccc(Cl)c(C(F)(F)F)c1. The zero-order valence-corrected chi connectivity index (χ0v) is 13.2. The second-order valence-electron chi connectivity index (χ2n) is 4.68. The van der Waals surface area contributed by atoms with Gasteiger partial charge in [-0.15, -0.1) is 0 Å². The number of aromatic nitrogens is 1. The van der Waals surface area contributed by atoms with E-state index >= 15 is 0 Å². The van der Waals surface area contributed by atoms with Crippen LogP contribution in [0.15, 0.2) is 54.4 Å². The average molecular weight is 367 g/mol. The molecular formula is C16H10ClF3N4O. The van der Waals surface area contributed by atoms with Crippen LogP contribution in [0.1, 0.15) is 5.56 Å². The highest BCUT2D eigenvalue weighted by molar-refractivity contribution is 6.31. The van der Waals surface area contributed by atoms with E-state index in [1.807, 2.05) is 0 Å². The van der Waals surface area contributed by atoms with Gasteiger partial charge in [-0.05, 0) is 30.3 Å². The van der Waals surface area contributed by atoms with Crippen molar-refractivity contribution in [2.24, 2.45) is 0 Å². The van der Waals surface area contributed by atoms with E-state index in [2.05, 4.69) is 15.6 Å². The number of nitriles is 1. The summed E-state index contributed by atoms with van der Waals surface area (Å²) in [5, 5.41) is 13.4. The third-order valence-corrected chi connectivity index (χ3v) is 3.25. The van der Waals surface area contributed by atoms with Gasteiger partial charge in [0.15, 0.2) is 0 Å². The van der Waals surface area contributed by atoms with Crippen molar-refractivity contribution >= 4 is 29.0 Å². The lowest BCUT2D eigenvalue weighted by atomic mass is 10.2. The molecule has 0 aliphatic carbocycles. The molecule has 0 unspecified atom stereocenters. The lowest BCUT2D eigenvalue weighted by Crippen LogP contribution is -2.15. The van der Waals surface area contributed by atoms with Gasteiger partial charge in [-0.1, -0.05) is 17.7 Å². The number of nitrogens with zero attached hydrogens (tertiary/aromatic N) is 2. The van der Waals surface area contributed by atoms with Crippen molar-refractivity contribution in [1.29, 1.82) is 5.26 Å². The van der Waals surface area contributed by atoms with Crippen LogP contribution in [0.25, 0.3) is 0 Å². The molecule has 1 aromatic carbocycles. The molecule has 0 bridgehead atoms. The highest BCUT2D eigenvalue weighted by atomic mass is 35.5. The quantitative estimate of drug-likeness (QED) is 0.627. The minimum atomic E-state index is -4.66. The predicted molar refractivity (Wildman–Crippen MR) is 86.6 cm³/mol. The molecule has 9 heteroatoms. The fraction of sp³-hybridized carbons (Fsp3) is 0.0625. The Morgan fingerprint density at radius 2 is 2.04 bits per heavy atom. The highest BCUT2D eigenvalue weighted by Crippen LogP contribution is 2.36. The van der Waals surface area contributed by atoms with Crippen molar-refractivity contribution in [3.8, 4) is 6.07 Å². The van der Waals surface area contributed by atoms with Crippen molar-refractivity contribution in [3.05, 3.63) is 65.0 Å². The van der Waals surface area contributed by atoms with Gasteiger partial charge in [-0.3, -0.25) is 4.79 Å². The molecule has 2 N–H and O–H groups in total. The van der Waals surface area contributed by atoms with Gasteiger partial charge in [0, 0.05) is 18.1 Å². The summed E-state index contributed by atoms with van der Waals surface area (Å²) >= 11 is 5.51. The molecule has 0 radical (unpaired) electrons. The normalized spacial score (nSPS) is 11.6. The number of anilines is 2. The first kappa shape index (κ1) is 18.3. The summed E-state index contributed by atoms with van der Waals surface area (Å²) in [5.74, 6) is -0.477. The fourth-order valence-corrected chi connectivity index (χ4v) is 1.99. The lowest BCUT2D eigenvalue weighted by Gasteiger charge is -2.11. The van der Waals surface area contributed by atoms with Crippen LogP contribution in [-0.2, 0) is 11.0 Å². The summed E-state index contributed by atoms with van der Waals surface area (Å²) in [7, 11) is 0. The molecule has 128 valence electrons. The van der Waals surface area contributed by atoms with Crippen LogP contribution >= 0.6 is 11.6 Å². The largest absolute Gasteiger partial charge is 0.417 e. The first-order chi connectivity index (χ1) is 11.8. The van der Waals surface area contributed by atoms with Gasteiger partial charge in [0.05, 0.1) is 10.6 Å². The number of carbonyl (C=O) groups is 1. The van der Waals surface area contributed by atoms with Crippen LogP contribution in [0.2, 0.25) is 5.02 Å². The Bertz CT molecular complexity index is 845. The molecule has 0 aliphatic heterocycles. The van der Waals surface area contributed by atoms with E-state index in [1.54, 1.807) is 24.3 Å². The summed E-state index contributed by atoms with van der Waals surface area (Å²) in [5.41, 5.74) is -1.56. The van der Waals surface area contributed by atoms with Crippen molar-refractivity contribution in [3.63, 3.8) is 0 Å². The Hall–Kier alpha value is -3.05. The van der Waals surface area contributed by atoms with Crippen LogP contribution in [0.5, 0.6) is 0 Å². The average Bonchev–Trinajstić information content (AvgIpc) is 2.57. The number of alkyl halides is 3. The molecule has 0 aliphatic rings. The molecule has 0 fully saturated rings. The van der Waals surface area contributed by atoms with Gasteiger partial charge in [0.1, 0.15) is 17.5 Å². The number of benzene rings is 1. The first-order valence-electron chi connectivity index (χ1n) is 6.77. The number of halogens is 4. The molecule has 2 aromatic rings. The van der Waals surface area contributed by atoms with Crippen LogP contribution in [0, 0.1) is 11.3 Å². The van der Waals surface area contributed by atoms with Crippen LogP contribution in [0.4, 0.5) is 24.7 Å². The molecule has 0 spiro atoms. The topological polar surface area (TPSA) is 77.8 Å². The third kappa shape index (κ3) is 4.96. The summed E-state index contributed by atoms with van der Waals surface area (Å²) in [6, 6.07) is 9.57. The fourth-order valence-electron chi connectivity index (χ4n) is 1.76. The molecule has 25 heavy (non-hydrogen) atoms. The molecular weight excluding hydrogens is 357 g/mol. The molecule has 1 aromatic heterocycles. The first-order valence-corrected chi connectivity index (χ1v) is 7.15. The van der Waals surface area contributed by atoms with E-state index in [0.717, 1.165) is 12.3 Å². The number of rotatable bonds is 4. The van der Waals surface area contributed by atoms with E-state index < -0.39 is 22.7 Å². The molecule has 0 saturated carbocycles. The Morgan fingerprint density at radius 1 is 1.28 bits per heavy atom. The van der Waals surface area contributed by atoms with Crippen molar-refractivity contribution < 1.29 is 18.0 Å². The minimum absolute atomic E-state index is 0.138. The summed E-state index contributed by atoms with van der Waals surface area (Å²) in [6.45, 7) is 0. The van der Waals surface area contributed by atoms with Crippen LogP contribution in [-0.4, -0.2) is 10.9 Å². The van der Waals surface area contributed by atoms with E-state index in [4.69, 9.17) is 16.9 Å². The number of nitrogens with one attached hydrogen (secondary N) is 2. The summed E-state index contributed by atoms with van der Waals surface area (Å²) in [6.07, 6.45) is -2.04. The number of carbonyl (C=O) groups excluding carboxylic acids is 1. The van der Waals surface area contributed by atoms with Gasteiger partial charge in [0.25, 0.3) is 5.91 Å². The van der Waals surface area contributed by atoms with Gasteiger partial charge < -0.3 is 10.6 Å². The molecule has 0 atom stereocenters. The monoisotopic (exact) mass is 366 g/mol. The predicted octanol–water partition coefficient (Wildman–Crippen LogP) is 4.21. The van der Waals surface area contributed by atoms with Gasteiger partial charge in [-0.25, -0.2) is 4.98 Å². The number of pyridine rings is 1. The van der Waals surface area contributed by atoms with Gasteiger partial charge in [0.2, 0.25) is 0 Å². The Kier molecular flexibility index (Phi) is 5.62. The number of amides is 1. The van der Waals surface area contributed by atoms with Crippen molar-refractivity contribution in [1.82, 2.24) is 4.98 Å². The maximum Gasteiger partial charge on any atom is 0.417 e. The Morgan fingerprint density at radius 3 is 2.64 bits per heavy atom. The van der Waals surface area contributed by atoms with E-state index in [-0.39, 0.29) is 11.3 Å². The van der Waals surface area contributed by atoms with Crippen LogP contribution in [0.3, 0.4) is 0 Å².